The lowest BCUT2D eigenvalue weighted by atomic mass is 9.91. The quantitative estimate of drug-likeness (QED) is 0.746. The Labute approximate surface area is 200 Å². The summed E-state index contributed by atoms with van der Waals surface area (Å²) in [6, 6.07) is 10.1. The molecule has 2 saturated heterocycles. The minimum absolute atomic E-state index is 0.0736. The Morgan fingerprint density at radius 1 is 1.09 bits per heavy atom. The molecule has 4 rings (SSSR count). The van der Waals surface area contributed by atoms with Crippen molar-refractivity contribution in [1.82, 2.24) is 15.1 Å². The van der Waals surface area contributed by atoms with Gasteiger partial charge >= 0.3 is 0 Å². The number of benzene rings is 1. The molecule has 0 aliphatic carbocycles. The molecule has 182 valence electrons. The van der Waals surface area contributed by atoms with Crippen molar-refractivity contribution < 1.29 is 23.5 Å². The first-order valence-electron chi connectivity index (χ1n) is 11.7. The summed E-state index contributed by atoms with van der Waals surface area (Å²) in [5.74, 6) is 0.171. The number of carbonyl (C=O) groups is 3. The molecule has 2 aliphatic heterocycles. The maximum Gasteiger partial charge on any atom is 0.256 e. The van der Waals surface area contributed by atoms with E-state index >= 15 is 0 Å². The number of hydrogen-bond donors (Lipinski definition) is 1. The zero-order valence-corrected chi connectivity index (χ0v) is 20.3. The van der Waals surface area contributed by atoms with Crippen LogP contribution in [0.15, 0.2) is 47.1 Å². The third-order valence-corrected chi connectivity index (χ3v) is 6.57. The van der Waals surface area contributed by atoms with Crippen LogP contribution in [0.5, 0.6) is 0 Å². The first-order chi connectivity index (χ1) is 16.1. The van der Waals surface area contributed by atoms with Gasteiger partial charge in [0.2, 0.25) is 11.8 Å². The molecule has 0 saturated carbocycles. The Bertz CT molecular complexity index is 1030. The average Bonchev–Trinajstić information content (AvgIpc) is 3.45. The maximum absolute atomic E-state index is 13.7. The van der Waals surface area contributed by atoms with E-state index in [2.05, 4.69) is 5.32 Å². The van der Waals surface area contributed by atoms with E-state index in [1.165, 1.54) is 0 Å². The summed E-state index contributed by atoms with van der Waals surface area (Å²) in [6.45, 7) is 8.93. The fourth-order valence-corrected chi connectivity index (χ4v) is 4.64. The van der Waals surface area contributed by atoms with Crippen LogP contribution in [0.1, 0.15) is 55.3 Å². The highest BCUT2D eigenvalue weighted by molar-refractivity contribution is 5.98. The first kappa shape index (κ1) is 24.0. The summed E-state index contributed by atoms with van der Waals surface area (Å²) >= 11 is 0. The molecule has 2 aromatic rings. The number of likely N-dealkylation sites (tertiary alicyclic amines) is 1. The van der Waals surface area contributed by atoms with Crippen LogP contribution in [0.4, 0.5) is 0 Å². The molecule has 8 heteroatoms. The molecule has 1 aromatic carbocycles. The van der Waals surface area contributed by atoms with Crippen LogP contribution in [0, 0.1) is 12.3 Å². The summed E-state index contributed by atoms with van der Waals surface area (Å²) in [5.41, 5.74) is 0.147. The van der Waals surface area contributed by atoms with Crippen LogP contribution in [0.2, 0.25) is 0 Å². The molecule has 1 spiro atoms. The highest BCUT2D eigenvalue weighted by Crippen LogP contribution is 2.39. The summed E-state index contributed by atoms with van der Waals surface area (Å²) in [4.78, 5) is 43.1. The van der Waals surface area contributed by atoms with Gasteiger partial charge in [-0.15, -0.1) is 0 Å². The summed E-state index contributed by atoms with van der Waals surface area (Å²) in [7, 11) is 0. The van der Waals surface area contributed by atoms with Crippen molar-refractivity contribution in [3.63, 3.8) is 0 Å². The van der Waals surface area contributed by atoms with Crippen molar-refractivity contribution in [2.24, 2.45) is 5.41 Å². The maximum atomic E-state index is 13.7. The number of amides is 3. The Morgan fingerprint density at radius 2 is 1.76 bits per heavy atom. The topological polar surface area (TPSA) is 92.1 Å². The van der Waals surface area contributed by atoms with Crippen LogP contribution < -0.4 is 5.32 Å². The van der Waals surface area contributed by atoms with E-state index in [0.717, 1.165) is 5.56 Å². The number of nitrogens with zero attached hydrogens (tertiary/aromatic N) is 2. The van der Waals surface area contributed by atoms with Gasteiger partial charge < -0.3 is 19.4 Å². The van der Waals surface area contributed by atoms with Gasteiger partial charge in [0.15, 0.2) is 0 Å². The van der Waals surface area contributed by atoms with Gasteiger partial charge in [0.05, 0.1) is 19.4 Å². The highest BCUT2D eigenvalue weighted by atomic mass is 16.5. The lowest BCUT2D eigenvalue weighted by molar-refractivity contribution is -0.150. The number of hydrogen-bond acceptors (Lipinski definition) is 5. The first-order valence-corrected chi connectivity index (χ1v) is 11.7. The van der Waals surface area contributed by atoms with Gasteiger partial charge in [0.25, 0.3) is 5.91 Å². The Morgan fingerprint density at radius 3 is 2.35 bits per heavy atom. The van der Waals surface area contributed by atoms with E-state index in [9.17, 15) is 14.4 Å². The Balaban J connectivity index is 1.57. The molecule has 1 aromatic heterocycles. The highest BCUT2D eigenvalue weighted by Gasteiger charge is 2.54. The van der Waals surface area contributed by atoms with Gasteiger partial charge in [-0.2, -0.15) is 0 Å². The van der Waals surface area contributed by atoms with Crippen molar-refractivity contribution in [1.29, 1.82) is 0 Å². The van der Waals surface area contributed by atoms with E-state index in [4.69, 9.17) is 9.15 Å². The van der Waals surface area contributed by atoms with Crippen molar-refractivity contribution in [3.8, 4) is 0 Å². The van der Waals surface area contributed by atoms with Crippen molar-refractivity contribution in [2.75, 3.05) is 19.7 Å². The minimum Gasteiger partial charge on any atom is -0.467 e. The lowest BCUT2D eigenvalue weighted by Gasteiger charge is -2.45. The fourth-order valence-electron chi connectivity index (χ4n) is 4.64. The average molecular weight is 468 g/mol. The molecule has 3 amide bonds. The molecule has 2 aliphatic rings. The second kappa shape index (κ2) is 9.25. The molecule has 1 atom stereocenters. The van der Waals surface area contributed by atoms with Gasteiger partial charge in [-0.25, -0.2) is 0 Å². The number of aryl methyl sites for hydroxylation is 1. The second-order valence-electron chi connectivity index (χ2n) is 10.2. The van der Waals surface area contributed by atoms with Gasteiger partial charge in [0, 0.05) is 36.9 Å². The van der Waals surface area contributed by atoms with Gasteiger partial charge in [-0.3, -0.25) is 19.3 Å². The SMILES string of the molecule is Cc1ccc(C(=O)N2[C@H](C(=O)NCc3ccco3)COC23CCN(C(=O)C(C)(C)C)CC3)cc1. The van der Waals surface area contributed by atoms with Gasteiger partial charge in [-0.05, 0) is 31.2 Å². The number of carbonyl (C=O) groups excluding carboxylic acids is 3. The van der Waals surface area contributed by atoms with Crippen LogP contribution in [0.3, 0.4) is 0 Å². The van der Waals surface area contributed by atoms with E-state index in [0.29, 0.717) is 37.3 Å². The van der Waals surface area contributed by atoms with Crippen molar-refractivity contribution in [3.05, 3.63) is 59.5 Å². The van der Waals surface area contributed by atoms with Crippen LogP contribution in [-0.4, -0.2) is 59.0 Å². The van der Waals surface area contributed by atoms with Crippen LogP contribution >= 0.6 is 0 Å². The number of ether oxygens (including phenoxy) is 1. The fraction of sp³-hybridized carbons (Fsp3) is 0.500. The van der Waals surface area contributed by atoms with Crippen LogP contribution in [-0.2, 0) is 20.9 Å². The van der Waals surface area contributed by atoms with Gasteiger partial charge in [0.1, 0.15) is 17.5 Å². The third-order valence-electron chi connectivity index (χ3n) is 6.57. The molecule has 0 unspecified atom stereocenters. The number of piperidine rings is 1. The normalized spacial score (nSPS) is 19.9. The monoisotopic (exact) mass is 467 g/mol. The molecule has 0 radical (unpaired) electrons. The largest absolute Gasteiger partial charge is 0.467 e. The zero-order chi connectivity index (χ0) is 24.5. The number of rotatable bonds is 4. The Hall–Kier alpha value is -3.13. The molecule has 1 N–H and O–H groups in total. The van der Waals surface area contributed by atoms with E-state index < -0.39 is 17.2 Å². The molecule has 34 heavy (non-hydrogen) atoms. The van der Waals surface area contributed by atoms with E-state index in [-0.39, 0.29) is 30.9 Å². The smallest absolute Gasteiger partial charge is 0.256 e. The standard InChI is InChI=1S/C26H33N3O5/c1-18-7-9-19(10-8-18)23(31)29-21(22(30)27-16-20-6-5-15-33-20)17-34-26(29)11-13-28(14-12-26)24(32)25(2,3)4/h5-10,15,21H,11-14,16-17H2,1-4H3,(H,27,30)/t21-/m0/s1. The molecule has 2 fully saturated rings. The zero-order valence-electron chi connectivity index (χ0n) is 20.3. The predicted octanol–water partition coefficient (Wildman–Crippen LogP) is 3.11. The summed E-state index contributed by atoms with van der Waals surface area (Å²) in [5, 5.41) is 2.87. The van der Waals surface area contributed by atoms with E-state index in [1.807, 2.05) is 44.7 Å². The second-order valence-corrected chi connectivity index (χ2v) is 10.2. The Kier molecular flexibility index (Phi) is 6.53. The molecular formula is C26H33N3O5. The summed E-state index contributed by atoms with van der Waals surface area (Å²) < 4.78 is 11.5. The minimum atomic E-state index is -0.927. The number of nitrogens with one attached hydrogen (secondary N) is 1. The number of furan rings is 1. The molecular weight excluding hydrogens is 434 g/mol. The van der Waals surface area contributed by atoms with Crippen LogP contribution in [0.25, 0.3) is 0 Å². The lowest BCUT2D eigenvalue weighted by Crippen LogP contribution is -2.60. The predicted molar refractivity (Wildman–Crippen MR) is 126 cm³/mol. The van der Waals surface area contributed by atoms with E-state index in [1.54, 1.807) is 35.4 Å². The molecule has 8 nitrogen and oxygen atoms in total. The van der Waals surface area contributed by atoms with Crippen molar-refractivity contribution >= 4 is 17.7 Å². The summed E-state index contributed by atoms with van der Waals surface area (Å²) in [6.07, 6.45) is 2.46. The van der Waals surface area contributed by atoms with Gasteiger partial charge in [-0.1, -0.05) is 38.5 Å². The third kappa shape index (κ3) is 4.73. The molecule has 0 bridgehead atoms. The van der Waals surface area contributed by atoms with Crippen molar-refractivity contribution in [2.45, 2.75) is 58.8 Å². The molecule has 3 heterocycles.